The second-order valence-electron chi connectivity index (χ2n) is 7.90. The Balaban J connectivity index is 2.00. The second-order valence-corrected chi connectivity index (χ2v) is 7.90. The molecule has 2 heterocycles. The van der Waals surface area contributed by atoms with Gasteiger partial charge in [-0.25, -0.2) is 0 Å². The minimum Gasteiger partial charge on any atom is -0.343 e. The number of fused-ring (bicyclic) bond motifs is 1. The van der Waals surface area contributed by atoms with Crippen LogP contribution in [0.1, 0.15) is 50.3 Å². The van der Waals surface area contributed by atoms with Crippen LogP contribution in [0.5, 0.6) is 0 Å². The molecule has 0 unspecified atom stereocenters. The van der Waals surface area contributed by atoms with E-state index >= 15 is 0 Å². The summed E-state index contributed by atoms with van der Waals surface area (Å²) >= 11 is 0. The van der Waals surface area contributed by atoms with Crippen LogP contribution in [0.4, 0.5) is 5.82 Å². The number of Topliss-reactive ketones (excluding diaryl/α,β-unsaturated/α-hetero) is 1. The highest BCUT2D eigenvalue weighted by molar-refractivity contribution is 6.02. The van der Waals surface area contributed by atoms with E-state index in [1.165, 1.54) is 0 Å². The van der Waals surface area contributed by atoms with Gasteiger partial charge in [-0.15, -0.1) is 0 Å². The zero-order valence-electron chi connectivity index (χ0n) is 14.6. The molecular weight excluding hydrogens is 312 g/mol. The molecule has 2 aromatic rings. The molecule has 0 fully saturated rings. The number of ketones is 1. The van der Waals surface area contributed by atoms with E-state index in [-0.39, 0.29) is 11.2 Å². The van der Waals surface area contributed by atoms with Gasteiger partial charge in [0.05, 0.1) is 23.2 Å². The first-order chi connectivity index (χ1) is 11.8. The van der Waals surface area contributed by atoms with Gasteiger partial charge in [0.1, 0.15) is 5.82 Å². The van der Waals surface area contributed by atoms with Crippen molar-refractivity contribution in [1.82, 2.24) is 10.2 Å². The molecule has 1 atom stereocenters. The van der Waals surface area contributed by atoms with Gasteiger partial charge < -0.3 is 5.32 Å². The van der Waals surface area contributed by atoms with Gasteiger partial charge in [0.15, 0.2) is 5.78 Å². The molecule has 0 bridgehead atoms. The number of allylic oxidation sites excluding steroid dienone is 2. The molecule has 5 heteroatoms. The predicted molar refractivity (Wildman–Crippen MR) is 94.9 cm³/mol. The molecule has 126 valence electrons. The van der Waals surface area contributed by atoms with Crippen molar-refractivity contribution >= 4 is 11.6 Å². The van der Waals surface area contributed by atoms with Crippen LogP contribution in [0.15, 0.2) is 41.7 Å². The summed E-state index contributed by atoms with van der Waals surface area (Å²) < 4.78 is 0. The number of nitriles is 1. The van der Waals surface area contributed by atoms with Gasteiger partial charge in [-0.05, 0) is 36.5 Å². The summed E-state index contributed by atoms with van der Waals surface area (Å²) in [4.78, 5) is 13.1. The van der Waals surface area contributed by atoms with E-state index in [1.54, 1.807) is 12.3 Å². The molecule has 1 aliphatic heterocycles. The summed E-state index contributed by atoms with van der Waals surface area (Å²) in [6.07, 6.45) is 3.10. The molecule has 1 aromatic carbocycles. The number of H-pyrrole nitrogens is 1. The SMILES string of the molecule is CC1(C)CC(=O)C2=C(C1)Nc1[nH]ncc1[C@]2(C)c1cccc(C#N)c1. The second kappa shape index (κ2) is 5.06. The smallest absolute Gasteiger partial charge is 0.162 e. The zero-order chi connectivity index (χ0) is 17.8. The fourth-order valence-electron chi connectivity index (χ4n) is 4.25. The van der Waals surface area contributed by atoms with E-state index in [2.05, 4.69) is 42.4 Å². The van der Waals surface area contributed by atoms with Gasteiger partial charge in [-0.1, -0.05) is 26.0 Å². The van der Waals surface area contributed by atoms with E-state index in [0.717, 1.165) is 34.6 Å². The van der Waals surface area contributed by atoms with E-state index < -0.39 is 5.41 Å². The number of aromatic amines is 1. The molecular formula is C20H20N4O. The van der Waals surface area contributed by atoms with Gasteiger partial charge in [0.2, 0.25) is 0 Å². The minimum atomic E-state index is -0.622. The van der Waals surface area contributed by atoms with Crippen LogP contribution in [-0.4, -0.2) is 16.0 Å². The van der Waals surface area contributed by atoms with Gasteiger partial charge in [0.25, 0.3) is 0 Å². The van der Waals surface area contributed by atoms with Crippen molar-refractivity contribution in [3.05, 3.63) is 58.4 Å². The zero-order valence-corrected chi connectivity index (χ0v) is 14.6. The minimum absolute atomic E-state index is 0.0736. The average Bonchev–Trinajstić information content (AvgIpc) is 3.02. The van der Waals surface area contributed by atoms with Crippen LogP contribution in [-0.2, 0) is 10.2 Å². The Bertz CT molecular complexity index is 960. The molecule has 1 aliphatic carbocycles. The van der Waals surface area contributed by atoms with Gasteiger partial charge >= 0.3 is 0 Å². The highest BCUT2D eigenvalue weighted by Gasteiger charge is 2.48. The van der Waals surface area contributed by atoms with E-state index in [9.17, 15) is 10.1 Å². The first-order valence-electron chi connectivity index (χ1n) is 8.43. The lowest BCUT2D eigenvalue weighted by Crippen LogP contribution is -2.41. The Morgan fingerprint density at radius 1 is 1.24 bits per heavy atom. The van der Waals surface area contributed by atoms with Crippen molar-refractivity contribution in [2.45, 2.75) is 39.0 Å². The standard InChI is InChI=1S/C20H20N4O/c1-19(2)8-15-17(16(25)9-19)20(3,14-11-22-24-18(14)23-15)13-6-4-5-12(7-13)10-21/h4-7,11H,8-9H2,1-3H3,(H2,22,23,24)/t20-/m0/s1. The maximum atomic E-state index is 13.1. The summed E-state index contributed by atoms with van der Waals surface area (Å²) in [5.74, 6) is 0.990. The molecule has 4 rings (SSSR count). The van der Waals surface area contributed by atoms with Crippen molar-refractivity contribution < 1.29 is 4.79 Å². The Labute approximate surface area is 146 Å². The normalized spacial score (nSPS) is 24.2. The van der Waals surface area contributed by atoms with E-state index in [0.29, 0.717) is 12.0 Å². The molecule has 2 N–H and O–H groups in total. The topological polar surface area (TPSA) is 81.6 Å². The highest BCUT2D eigenvalue weighted by Crippen LogP contribution is 2.51. The first kappa shape index (κ1) is 15.6. The number of hydrogen-bond acceptors (Lipinski definition) is 4. The van der Waals surface area contributed by atoms with Crippen molar-refractivity contribution in [2.24, 2.45) is 5.41 Å². The fourth-order valence-corrected chi connectivity index (χ4v) is 4.25. The van der Waals surface area contributed by atoms with Crippen LogP contribution in [0.25, 0.3) is 0 Å². The number of hydrogen-bond donors (Lipinski definition) is 2. The van der Waals surface area contributed by atoms with Crippen LogP contribution in [0.3, 0.4) is 0 Å². The monoisotopic (exact) mass is 332 g/mol. The van der Waals surface area contributed by atoms with Crippen LogP contribution < -0.4 is 5.32 Å². The number of carbonyl (C=O) groups is 1. The molecule has 0 saturated heterocycles. The largest absolute Gasteiger partial charge is 0.343 e. The molecule has 25 heavy (non-hydrogen) atoms. The van der Waals surface area contributed by atoms with Gasteiger partial charge in [0, 0.05) is 23.3 Å². The fraction of sp³-hybridized carbons (Fsp3) is 0.350. The predicted octanol–water partition coefficient (Wildman–Crippen LogP) is 3.66. The van der Waals surface area contributed by atoms with Crippen molar-refractivity contribution in [1.29, 1.82) is 5.26 Å². The quantitative estimate of drug-likeness (QED) is 0.835. The average molecular weight is 332 g/mol. The third-order valence-electron chi connectivity index (χ3n) is 5.40. The lowest BCUT2D eigenvalue weighted by Gasteiger charge is -2.43. The third kappa shape index (κ3) is 2.21. The molecule has 0 saturated carbocycles. The summed E-state index contributed by atoms with van der Waals surface area (Å²) in [5.41, 5.74) is 3.54. The van der Waals surface area contributed by atoms with Crippen LogP contribution in [0.2, 0.25) is 0 Å². The summed E-state index contributed by atoms with van der Waals surface area (Å²) in [6.45, 7) is 6.29. The number of anilines is 1. The van der Waals surface area contributed by atoms with Crippen LogP contribution >= 0.6 is 0 Å². The van der Waals surface area contributed by atoms with Crippen molar-refractivity contribution in [3.8, 4) is 6.07 Å². The van der Waals surface area contributed by atoms with Crippen molar-refractivity contribution in [3.63, 3.8) is 0 Å². The number of rotatable bonds is 1. The number of nitrogens with zero attached hydrogens (tertiary/aromatic N) is 2. The van der Waals surface area contributed by atoms with Gasteiger partial charge in [-0.3, -0.25) is 9.89 Å². The summed E-state index contributed by atoms with van der Waals surface area (Å²) in [7, 11) is 0. The van der Waals surface area contributed by atoms with E-state index in [1.807, 2.05) is 18.2 Å². The number of benzene rings is 1. The molecule has 0 radical (unpaired) electrons. The molecule has 0 amide bonds. The summed E-state index contributed by atoms with van der Waals surface area (Å²) in [5, 5.41) is 19.9. The maximum absolute atomic E-state index is 13.1. The Hall–Kier alpha value is -2.87. The third-order valence-corrected chi connectivity index (χ3v) is 5.40. The molecule has 1 aromatic heterocycles. The molecule has 2 aliphatic rings. The molecule has 0 spiro atoms. The Morgan fingerprint density at radius 2 is 2.04 bits per heavy atom. The van der Waals surface area contributed by atoms with Crippen LogP contribution in [0, 0.1) is 16.7 Å². The number of aromatic nitrogens is 2. The lowest BCUT2D eigenvalue weighted by molar-refractivity contribution is -0.118. The Kier molecular flexibility index (Phi) is 3.17. The number of nitrogens with one attached hydrogen (secondary N) is 2. The maximum Gasteiger partial charge on any atom is 0.162 e. The highest BCUT2D eigenvalue weighted by atomic mass is 16.1. The van der Waals surface area contributed by atoms with Gasteiger partial charge in [-0.2, -0.15) is 10.4 Å². The summed E-state index contributed by atoms with van der Waals surface area (Å²) in [6, 6.07) is 9.72. The number of carbonyl (C=O) groups excluding carboxylic acids is 1. The van der Waals surface area contributed by atoms with Crippen molar-refractivity contribution in [2.75, 3.05) is 5.32 Å². The molecule has 5 nitrogen and oxygen atoms in total. The first-order valence-corrected chi connectivity index (χ1v) is 8.43. The Morgan fingerprint density at radius 3 is 2.80 bits per heavy atom. The van der Waals surface area contributed by atoms with E-state index in [4.69, 9.17) is 0 Å². The lowest BCUT2D eigenvalue weighted by atomic mass is 9.62.